The molecule has 0 fully saturated rings. The Labute approximate surface area is 95.0 Å². The second kappa shape index (κ2) is 3.80. The minimum atomic E-state index is -3.24. The summed E-state index contributed by atoms with van der Waals surface area (Å²) in [4.78, 5) is 2.24. The van der Waals surface area contributed by atoms with Crippen LogP contribution in [0.2, 0.25) is 0 Å². The predicted molar refractivity (Wildman–Crippen MR) is 60.9 cm³/mol. The summed E-state index contributed by atoms with van der Waals surface area (Å²) in [6.45, 7) is 0. The zero-order valence-electron chi connectivity index (χ0n) is 8.92. The second-order valence-corrected chi connectivity index (χ2v) is 5.88. The molecule has 1 unspecified atom stereocenters. The van der Waals surface area contributed by atoms with Gasteiger partial charge in [-0.25, -0.2) is 8.42 Å². The topological polar surface area (TPSA) is 61.2 Å². The molecule has 5 heteroatoms. The van der Waals surface area contributed by atoms with E-state index in [0.29, 0.717) is 10.6 Å². The maximum absolute atomic E-state index is 12.0. The summed E-state index contributed by atoms with van der Waals surface area (Å²) < 4.78 is 23.9. The Kier molecular flexibility index (Phi) is 2.60. The number of anilines is 1. The summed E-state index contributed by atoms with van der Waals surface area (Å²) in [5, 5.41) is 8.68. The minimum absolute atomic E-state index is 0.0219. The number of benzene rings is 1. The molecule has 4 nitrogen and oxygen atoms in total. The lowest BCUT2D eigenvalue weighted by Gasteiger charge is -2.34. The molecule has 1 aromatic carbocycles. The first kappa shape index (κ1) is 11.0. The van der Waals surface area contributed by atoms with Gasteiger partial charge in [-0.05, 0) is 12.1 Å². The Morgan fingerprint density at radius 2 is 2.19 bits per heavy atom. The van der Waals surface area contributed by atoms with E-state index in [1.54, 1.807) is 24.3 Å². The van der Waals surface area contributed by atoms with Gasteiger partial charge >= 0.3 is 0 Å². The summed E-state index contributed by atoms with van der Waals surface area (Å²) >= 11 is 0. The molecule has 1 aliphatic heterocycles. The molecule has 1 heterocycles. The Bertz CT molecular complexity index is 545. The van der Waals surface area contributed by atoms with E-state index in [-0.39, 0.29) is 18.2 Å². The van der Waals surface area contributed by atoms with Crippen molar-refractivity contribution >= 4 is 15.5 Å². The first-order valence-electron chi connectivity index (χ1n) is 4.98. The van der Waals surface area contributed by atoms with E-state index in [1.165, 1.54) is 0 Å². The zero-order valence-corrected chi connectivity index (χ0v) is 9.74. The van der Waals surface area contributed by atoms with Crippen molar-refractivity contribution in [2.75, 3.05) is 17.7 Å². The molecule has 0 saturated carbocycles. The van der Waals surface area contributed by atoms with Crippen LogP contribution in [0, 0.1) is 11.3 Å². The lowest BCUT2D eigenvalue weighted by Crippen LogP contribution is -2.42. The van der Waals surface area contributed by atoms with E-state index in [1.807, 2.05) is 18.0 Å². The molecule has 16 heavy (non-hydrogen) atoms. The lowest BCUT2D eigenvalue weighted by atomic mass is 10.2. The van der Waals surface area contributed by atoms with E-state index in [2.05, 4.69) is 0 Å². The normalized spacial score (nSPS) is 22.2. The van der Waals surface area contributed by atoms with Crippen LogP contribution in [0.5, 0.6) is 0 Å². The molecule has 0 spiro atoms. The standard InChI is InChI=1S/C11H12N2O2S/c1-13-9(6-7-12)8-16(14,15)11-5-3-2-4-10(11)13/h2-5,9H,6,8H2,1H3. The van der Waals surface area contributed by atoms with Crippen LogP contribution in [0.3, 0.4) is 0 Å². The summed E-state index contributed by atoms with van der Waals surface area (Å²) in [5.41, 5.74) is 0.689. The molecule has 84 valence electrons. The third-order valence-electron chi connectivity index (χ3n) is 2.87. The van der Waals surface area contributed by atoms with Crippen molar-refractivity contribution in [2.45, 2.75) is 17.4 Å². The SMILES string of the molecule is CN1c2ccccc2S(=O)(=O)CC1CC#N. The van der Waals surface area contributed by atoms with Gasteiger partial charge in [-0.3, -0.25) is 0 Å². The van der Waals surface area contributed by atoms with Crippen molar-refractivity contribution in [3.63, 3.8) is 0 Å². The molecule has 0 N–H and O–H groups in total. The fourth-order valence-electron chi connectivity index (χ4n) is 1.96. The summed E-state index contributed by atoms with van der Waals surface area (Å²) in [5.74, 6) is 0.0219. The lowest BCUT2D eigenvalue weighted by molar-refractivity contribution is 0.573. The molecule has 0 amide bonds. The van der Waals surface area contributed by atoms with Crippen molar-refractivity contribution < 1.29 is 8.42 Å². The maximum Gasteiger partial charge on any atom is 0.182 e. The van der Waals surface area contributed by atoms with E-state index in [0.717, 1.165) is 0 Å². The van der Waals surface area contributed by atoms with Crippen LogP contribution in [0.4, 0.5) is 5.69 Å². The molecule has 0 aliphatic carbocycles. The highest BCUT2D eigenvalue weighted by molar-refractivity contribution is 7.91. The van der Waals surface area contributed by atoms with Crippen LogP contribution in [-0.2, 0) is 9.84 Å². The third-order valence-corrected chi connectivity index (χ3v) is 4.71. The Morgan fingerprint density at radius 3 is 2.88 bits per heavy atom. The fourth-order valence-corrected chi connectivity index (χ4v) is 3.81. The first-order chi connectivity index (χ1) is 7.56. The average Bonchev–Trinajstić information content (AvgIpc) is 2.26. The van der Waals surface area contributed by atoms with Crippen LogP contribution in [0.15, 0.2) is 29.2 Å². The van der Waals surface area contributed by atoms with Crippen LogP contribution in [-0.4, -0.2) is 27.3 Å². The van der Waals surface area contributed by atoms with Gasteiger partial charge in [0.05, 0.1) is 34.9 Å². The van der Waals surface area contributed by atoms with Crippen LogP contribution < -0.4 is 4.90 Å². The third kappa shape index (κ3) is 1.65. The molecule has 2 rings (SSSR count). The van der Waals surface area contributed by atoms with E-state index >= 15 is 0 Å². The number of nitriles is 1. The van der Waals surface area contributed by atoms with Crippen molar-refractivity contribution in [3.8, 4) is 6.07 Å². The largest absolute Gasteiger partial charge is 0.368 e. The number of rotatable bonds is 1. The van der Waals surface area contributed by atoms with Crippen LogP contribution >= 0.6 is 0 Å². The van der Waals surface area contributed by atoms with Gasteiger partial charge in [0.15, 0.2) is 9.84 Å². The predicted octanol–water partition coefficient (Wildman–Crippen LogP) is 1.19. The summed E-state index contributed by atoms with van der Waals surface area (Å²) in [6.07, 6.45) is 0.226. The number of fused-ring (bicyclic) bond motifs is 1. The zero-order chi connectivity index (χ0) is 11.8. The van der Waals surface area contributed by atoms with Gasteiger partial charge in [0.25, 0.3) is 0 Å². The molecule has 0 radical (unpaired) electrons. The Hall–Kier alpha value is -1.54. The smallest absolute Gasteiger partial charge is 0.182 e. The number of para-hydroxylation sites is 1. The van der Waals surface area contributed by atoms with Crippen molar-refractivity contribution in [1.82, 2.24) is 0 Å². The van der Waals surface area contributed by atoms with Crippen molar-refractivity contribution in [1.29, 1.82) is 5.26 Å². The quantitative estimate of drug-likeness (QED) is 0.735. The Morgan fingerprint density at radius 1 is 1.50 bits per heavy atom. The second-order valence-electron chi connectivity index (χ2n) is 3.88. The molecule has 1 atom stereocenters. The van der Waals surface area contributed by atoms with Gasteiger partial charge in [-0.15, -0.1) is 0 Å². The fraction of sp³-hybridized carbons (Fsp3) is 0.364. The van der Waals surface area contributed by atoms with Gasteiger partial charge in [0.1, 0.15) is 0 Å². The number of hydrogen-bond acceptors (Lipinski definition) is 4. The molecule has 0 saturated heterocycles. The van der Waals surface area contributed by atoms with E-state index in [9.17, 15) is 8.42 Å². The summed E-state index contributed by atoms with van der Waals surface area (Å²) in [7, 11) is -1.41. The maximum atomic E-state index is 12.0. The number of hydrogen-bond donors (Lipinski definition) is 0. The van der Waals surface area contributed by atoms with Crippen LogP contribution in [0.1, 0.15) is 6.42 Å². The molecule has 0 aromatic heterocycles. The molecule has 1 aliphatic rings. The minimum Gasteiger partial charge on any atom is -0.368 e. The van der Waals surface area contributed by atoms with Crippen molar-refractivity contribution in [3.05, 3.63) is 24.3 Å². The molecule has 0 bridgehead atoms. The highest BCUT2D eigenvalue weighted by atomic mass is 32.2. The van der Waals surface area contributed by atoms with Gasteiger partial charge in [-0.1, -0.05) is 12.1 Å². The highest BCUT2D eigenvalue weighted by Crippen LogP contribution is 2.32. The molecule has 1 aromatic rings. The number of nitrogens with zero attached hydrogens (tertiary/aromatic N) is 2. The van der Waals surface area contributed by atoms with Gasteiger partial charge < -0.3 is 4.90 Å². The van der Waals surface area contributed by atoms with Gasteiger partial charge in [0, 0.05) is 7.05 Å². The average molecular weight is 236 g/mol. The van der Waals surface area contributed by atoms with Crippen LogP contribution in [0.25, 0.3) is 0 Å². The number of sulfone groups is 1. The van der Waals surface area contributed by atoms with Gasteiger partial charge in [-0.2, -0.15) is 5.26 Å². The molecular formula is C11H12N2O2S. The summed E-state index contributed by atoms with van der Waals surface area (Å²) in [6, 6.07) is 8.70. The van der Waals surface area contributed by atoms with Crippen molar-refractivity contribution in [2.24, 2.45) is 0 Å². The highest BCUT2D eigenvalue weighted by Gasteiger charge is 2.33. The molecular weight excluding hydrogens is 224 g/mol. The van der Waals surface area contributed by atoms with E-state index < -0.39 is 9.84 Å². The van der Waals surface area contributed by atoms with Gasteiger partial charge in [0.2, 0.25) is 0 Å². The first-order valence-corrected chi connectivity index (χ1v) is 6.63. The van der Waals surface area contributed by atoms with E-state index in [4.69, 9.17) is 5.26 Å². The monoisotopic (exact) mass is 236 g/mol. The Balaban J connectivity index is 2.55.